The van der Waals surface area contributed by atoms with E-state index in [1.54, 1.807) is 7.11 Å². The van der Waals surface area contributed by atoms with E-state index >= 15 is 0 Å². The van der Waals surface area contributed by atoms with Crippen molar-refractivity contribution in [1.29, 1.82) is 0 Å². The number of nitrogens with one attached hydrogen (secondary N) is 1. The normalized spacial score (nSPS) is 24.7. The predicted molar refractivity (Wildman–Crippen MR) is 40.8 cm³/mol. The second-order valence-corrected chi connectivity index (χ2v) is 2.24. The van der Waals surface area contributed by atoms with Gasteiger partial charge in [-0.3, -0.25) is 0 Å². The standard InChI is InChI=1S/C7H12N2O/c1-10-9-6-7-3-2-4-8-5-7/h2,4,6-8H,3,5H2,1H3. The van der Waals surface area contributed by atoms with Crippen LogP contribution in [0.4, 0.5) is 0 Å². The summed E-state index contributed by atoms with van der Waals surface area (Å²) in [4.78, 5) is 4.56. The quantitative estimate of drug-likeness (QED) is 0.453. The van der Waals surface area contributed by atoms with E-state index in [2.05, 4.69) is 21.4 Å². The van der Waals surface area contributed by atoms with E-state index in [9.17, 15) is 0 Å². The van der Waals surface area contributed by atoms with Crippen molar-refractivity contribution in [2.45, 2.75) is 6.42 Å². The molecule has 1 atom stereocenters. The molecule has 0 aromatic rings. The van der Waals surface area contributed by atoms with E-state index in [1.807, 2.05) is 12.4 Å². The van der Waals surface area contributed by atoms with Crippen molar-refractivity contribution in [3.05, 3.63) is 12.3 Å². The topological polar surface area (TPSA) is 33.6 Å². The smallest absolute Gasteiger partial charge is 0.106 e. The van der Waals surface area contributed by atoms with Gasteiger partial charge in [-0.2, -0.15) is 0 Å². The number of rotatable bonds is 2. The lowest BCUT2D eigenvalue weighted by Gasteiger charge is -2.13. The van der Waals surface area contributed by atoms with Gasteiger partial charge in [0.15, 0.2) is 0 Å². The minimum absolute atomic E-state index is 0.491. The van der Waals surface area contributed by atoms with Crippen LogP contribution in [0.15, 0.2) is 17.4 Å². The van der Waals surface area contributed by atoms with Crippen molar-refractivity contribution >= 4 is 6.21 Å². The Hall–Kier alpha value is -0.990. The molecule has 3 heteroatoms. The van der Waals surface area contributed by atoms with E-state index < -0.39 is 0 Å². The Morgan fingerprint density at radius 1 is 1.80 bits per heavy atom. The Kier molecular flexibility index (Phi) is 2.80. The zero-order valence-corrected chi connectivity index (χ0v) is 6.08. The molecule has 0 radical (unpaired) electrons. The maximum atomic E-state index is 4.56. The van der Waals surface area contributed by atoms with Gasteiger partial charge in [0.05, 0.1) is 0 Å². The first-order valence-corrected chi connectivity index (χ1v) is 3.38. The van der Waals surface area contributed by atoms with Gasteiger partial charge in [0, 0.05) is 18.7 Å². The molecular weight excluding hydrogens is 128 g/mol. The minimum atomic E-state index is 0.491. The molecule has 0 amide bonds. The summed E-state index contributed by atoms with van der Waals surface area (Å²) >= 11 is 0. The fourth-order valence-electron chi connectivity index (χ4n) is 0.889. The van der Waals surface area contributed by atoms with E-state index in [-0.39, 0.29) is 0 Å². The van der Waals surface area contributed by atoms with Crippen LogP contribution in [0.2, 0.25) is 0 Å². The second kappa shape index (κ2) is 3.93. The Labute approximate surface area is 60.7 Å². The number of nitrogens with zero attached hydrogens (tertiary/aromatic N) is 1. The maximum absolute atomic E-state index is 4.56. The van der Waals surface area contributed by atoms with Crippen LogP contribution < -0.4 is 5.32 Å². The summed E-state index contributed by atoms with van der Waals surface area (Å²) in [6.07, 6.45) is 6.95. The SMILES string of the molecule is CON=CC1CC=CNC1. The van der Waals surface area contributed by atoms with E-state index in [4.69, 9.17) is 0 Å². The zero-order chi connectivity index (χ0) is 7.23. The Morgan fingerprint density at radius 2 is 2.70 bits per heavy atom. The van der Waals surface area contributed by atoms with E-state index in [1.165, 1.54) is 0 Å². The summed E-state index contributed by atoms with van der Waals surface area (Å²) < 4.78 is 0. The highest BCUT2D eigenvalue weighted by Crippen LogP contribution is 2.03. The lowest BCUT2D eigenvalue weighted by molar-refractivity contribution is 0.213. The molecule has 0 saturated heterocycles. The molecule has 0 fully saturated rings. The highest BCUT2D eigenvalue weighted by molar-refractivity contribution is 5.60. The van der Waals surface area contributed by atoms with Crippen LogP contribution in [-0.4, -0.2) is 19.9 Å². The lowest BCUT2D eigenvalue weighted by atomic mass is 10.1. The summed E-state index contributed by atoms with van der Waals surface area (Å²) in [5.74, 6) is 0.491. The largest absolute Gasteiger partial charge is 0.399 e. The molecule has 56 valence electrons. The molecule has 10 heavy (non-hydrogen) atoms. The highest BCUT2D eigenvalue weighted by Gasteiger charge is 2.05. The molecule has 0 aliphatic carbocycles. The predicted octanol–water partition coefficient (Wildman–Crippen LogP) is 0.742. The van der Waals surface area contributed by atoms with Gasteiger partial charge in [-0.1, -0.05) is 11.2 Å². The molecular formula is C7H12N2O. The van der Waals surface area contributed by atoms with Crippen LogP contribution >= 0.6 is 0 Å². The third-order valence-electron chi connectivity index (χ3n) is 1.43. The fourth-order valence-corrected chi connectivity index (χ4v) is 0.889. The van der Waals surface area contributed by atoms with Gasteiger partial charge in [-0.05, 0) is 12.6 Å². The van der Waals surface area contributed by atoms with Gasteiger partial charge >= 0.3 is 0 Å². The van der Waals surface area contributed by atoms with Gasteiger partial charge < -0.3 is 10.2 Å². The van der Waals surface area contributed by atoms with Gasteiger partial charge in [-0.15, -0.1) is 0 Å². The number of allylic oxidation sites excluding steroid dienone is 1. The molecule has 3 nitrogen and oxygen atoms in total. The number of hydrogen-bond donors (Lipinski definition) is 1. The first-order valence-electron chi connectivity index (χ1n) is 3.38. The molecule has 0 saturated carbocycles. The Bertz CT molecular complexity index is 143. The van der Waals surface area contributed by atoms with Crippen LogP contribution in [0, 0.1) is 5.92 Å². The van der Waals surface area contributed by atoms with Gasteiger partial charge in [0.1, 0.15) is 7.11 Å². The van der Waals surface area contributed by atoms with Gasteiger partial charge in [-0.25, -0.2) is 0 Å². The van der Waals surface area contributed by atoms with Crippen molar-refractivity contribution in [2.24, 2.45) is 11.1 Å². The molecule has 0 aromatic heterocycles. The Balaban J connectivity index is 2.28. The average molecular weight is 140 g/mol. The molecule has 1 aliphatic heterocycles. The van der Waals surface area contributed by atoms with Crippen molar-refractivity contribution in [1.82, 2.24) is 5.32 Å². The van der Waals surface area contributed by atoms with Crippen LogP contribution in [0.3, 0.4) is 0 Å². The zero-order valence-electron chi connectivity index (χ0n) is 6.08. The lowest BCUT2D eigenvalue weighted by Crippen LogP contribution is -2.22. The first kappa shape index (κ1) is 7.12. The van der Waals surface area contributed by atoms with Crippen LogP contribution in [0.5, 0.6) is 0 Å². The highest BCUT2D eigenvalue weighted by atomic mass is 16.6. The van der Waals surface area contributed by atoms with Crippen LogP contribution in [-0.2, 0) is 4.84 Å². The Morgan fingerprint density at radius 3 is 3.30 bits per heavy atom. The summed E-state index contributed by atoms with van der Waals surface area (Å²) in [7, 11) is 1.56. The van der Waals surface area contributed by atoms with Crippen molar-refractivity contribution in [3.63, 3.8) is 0 Å². The molecule has 0 bridgehead atoms. The van der Waals surface area contributed by atoms with Gasteiger partial charge in [0.25, 0.3) is 0 Å². The summed E-state index contributed by atoms with van der Waals surface area (Å²) in [6, 6.07) is 0. The first-order chi connectivity index (χ1) is 4.93. The number of hydrogen-bond acceptors (Lipinski definition) is 3. The second-order valence-electron chi connectivity index (χ2n) is 2.24. The third-order valence-corrected chi connectivity index (χ3v) is 1.43. The van der Waals surface area contributed by atoms with E-state index in [0.29, 0.717) is 5.92 Å². The molecule has 1 rings (SSSR count). The summed E-state index contributed by atoms with van der Waals surface area (Å²) in [5, 5.41) is 6.81. The summed E-state index contributed by atoms with van der Waals surface area (Å²) in [6.45, 7) is 0.962. The van der Waals surface area contributed by atoms with E-state index in [0.717, 1.165) is 13.0 Å². The monoisotopic (exact) mass is 140 g/mol. The molecule has 1 heterocycles. The van der Waals surface area contributed by atoms with Gasteiger partial charge in [0.2, 0.25) is 0 Å². The molecule has 0 spiro atoms. The van der Waals surface area contributed by atoms with Crippen LogP contribution in [0.25, 0.3) is 0 Å². The number of oxime groups is 1. The summed E-state index contributed by atoms with van der Waals surface area (Å²) in [5.41, 5.74) is 0. The average Bonchev–Trinajstić information content (AvgIpc) is 2.03. The van der Waals surface area contributed by atoms with Crippen molar-refractivity contribution in [3.8, 4) is 0 Å². The van der Waals surface area contributed by atoms with Crippen LogP contribution in [0.1, 0.15) is 6.42 Å². The molecule has 1 aliphatic rings. The fraction of sp³-hybridized carbons (Fsp3) is 0.571. The third kappa shape index (κ3) is 2.09. The minimum Gasteiger partial charge on any atom is -0.399 e. The maximum Gasteiger partial charge on any atom is 0.106 e. The molecule has 1 N–H and O–H groups in total. The van der Waals surface area contributed by atoms with Crippen molar-refractivity contribution < 1.29 is 4.84 Å². The molecule has 0 aromatic carbocycles. The van der Waals surface area contributed by atoms with Crippen molar-refractivity contribution in [2.75, 3.05) is 13.7 Å². The molecule has 1 unspecified atom stereocenters.